The zero-order chi connectivity index (χ0) is 20.5. The van der Waals surface area contributed by atoms with Gasteiger partial charge in [-0.05, 0) is 32.3 Å². The third kappa shape index (κ3) is 4.38. The molecule has 4 rings (SSSR count). The highest BCUT2D eigenvalue weighted by atomic mass is 35.5. The van der Waals surface area contributed by atoms with Crippen LogP contribution in [0.3, 0.4) is 0 Å². The first-order valence-electron chi connectivity index (χ1n) is 8.86. The lowest BCUT2D eigenvalue weighted by atomic mass is 10.3. The highest BCUT2D eigenvalue weighted by molar-refractivity contribution is 7.22. The number of fused-ring (bicyclic) bond motifs is 2. The van der Waals surface area contributed by atoms with Crippen LogP contribution in [0.1, 0.15) is 10.5 Å². The van der Waals surface area contributed by atoms with Crippen LogP contribution in [0.5, 0.6) is 0 Å². The topological polar surface area (TPSA) is 62.2 Å². The van der Waals surface area contributed by atoms with Crippen molar-refractivity contribution < 1.29 is 13.6 Å². The van der Waals surface area contributed by atoms with E-state index >= 15 is 0 Å². The Morgan fingerprint density at radius 2 is 1.80 bits per heavy atom. The van der Waals surface area contributed by atoms with E-state index in [9.17, 15) is 13.6 Å². The van der Waals surface area contributed by atoms with E-state index in [0.717, 1.165) is 17.4 Å². The fraction of sp³-hybridized carbons (Fsp3) is 0.200. The first kappa shape index (κ1) is 21.9. The minimum Gasteiger partial charge on any atom is -0.308 e. The van der Waals surface area contributed by atoms with Crippen LogP contribution in [-0.4, -0.2) is 52.9 Å². The standard InChI is InChI=1S/C20H17F2N5OS.ClH/c1-26(2)7-8-27(20-25-18-13(22)9-12(21)10-17(18)29-20)19(28)16-11-23-14-5-3-4-6-15(14)24-16;/h3-6,9-11H,7-8H2,1-2H3;1H. The molecule has 0 radical (unpaired) electrons. The fourth-order valence-corrected chi connectivity index (χ4v) is 3.87. The Balaban J connectivity index is 0.00000256. The highest BCUT2D eigenvalue weighted by Crippen LogP contribution is 2.31. The van der Waals surface area contributed by atoms with E-state index in [4.69, 9.17) is 0 Å². The van der Waals surface area contributed by atoms with Crippen LogP contribution in [0.25, 0.3) is 21.3 Å². The van der Waals surface area contributed by atoms with Crippen molar-refractivity contribution in [3.8, 4) is 0 Å². The molecule has 4 aromatic rings. The molecule has 0 fully saturated rings. The molecule has 0 spiro atoms. The van der Waals surface area contributed by atoms with Crippen LogP contribution < -0.4 is 4.90 Å². The van der Waals surface area contributed by atoms with Crippen molar-refractivity contribution >= 4 is 56.0 Å². The van der Waals surface area contributed by atoms with Gasteiger partial charge in [0.2, 0.25) is 0 Å². The molecule has 156 valence electrons. The van der Waals surface area contributed by atoms with Gasteiger partial charge in [-0.2, -0.15) is 0 Å². The second-order valence-corrected chi connectivity index (χ2v) is 7.74. The molecule has 0 N–H and O–H groups in total. The predicted octanol–water partition coefficient (Wildman–Crippen LogP) is 4.15. The third-order valence-electron chi connectivity index (χ3n) is 4.32. The molecule has 0 aliphatic rings. The summed E-state index contributed by atoms with van der Waals surface area (Å²) >= 11 is 1.06. The zero-order valence-electron chi connectivity index (χ0n) is 16.2. The van der Waals surface area contributed by atoms with Gasteiger partial charge in [0.25, 0.3) is 5.91 Å². The fourth-order valence-electron chi connectivity index (χ4n) is 2.84. The second-order valence-electron chi connectivity index (χ2n) is 6.73. The number of amides is 1. The number of para-hydroxylation sites is 2. The number of anilines is 1. The van der Waals surface area contributed by atoms with Gasteiger partial charge >= 0.3 is 0 Å². The summed E-state index contributed by atoms with van der Waals surface area (Å²) in [4.78, 5) is 29.5. The molecule has 0 unspecified atom stereocenters. The summed E-state index contributed by atoms with van der Waals surface area (Å²) in [5.41, 5.74) is 1.48. The van der Waals surface area contributed by atoms with Crippen LogP contribution in [0, 0.1) is 11.6 Å². The van der Waals surface area contributed by atoms with Crippen molar-refractivity contribution in [2.24, 2.45) is 0 Å². The number of carbonyl (C=O) groups excluding carboxylic acids is 1. The van der Waals surface area contributed by atoms with Gasteiger partial charge in [0.1, 0.15) is 17.0 Å². The molecule has 0 saturated heterocycles. The molecular formula is C20H18ClF2N5OS. The van der Waals surface area contributed by atoms with Gasteiger partial charge < -0.3 is 4.90 Å². The molecule has 30 heavy (non-hydrogen) atoms. The summed E-state index contributed by atoms with van der Waals surface area (Å²) in [6.07, 6.45) is 1.42. The van der Waals surface area contributed by atoms with Crippen LogP contribution >= 0.6 is 23.7 Å². The monoisotopic (exact) mass is 449 g/mol. The molecule has 2 aromatic carbocycles. The van der Waals surface area contributed by atoms with Gasteiger partial charge in [0, 0.05) is 19.2 Å². The smallest absolute Gasteiger partial charge is 0.280 e. The molecule has 0 aliphatic heterocycles. The summed E-state index contributed by atoms with van der Waals surface area (Å²) in [5, 5.41) is 0.284. The number of hydrogen-bond acceptors (Lipinski definition) is 6. The van der Waals surface area contributed by atoms with Crippen LogP contribution in [0.15, 0.2) is 42.6 Å². The average Bonchev–Trinajstić information content (AvgIpc) is 3.11. The van der Waals surface area contributed by atoms with E-state index < -0.39 is 17.5 Å². The maximum atomic E-state index is 14.1. The van der Waals surface area contributed by atoms with Gasteiger partial charge in [0.05, 0.1) is 21.9 Å². The summed E-state index contributed by atoms with van der Waals surface area (Å²) in [6, 6.07) is 9.25. The van der Waals surface area contributed by atoms with E-state index in [2.05, 4.69) is 15.0 Å². The zero-order valence-corrected chi connectivity index (χ0v) is 17.8. The molecular weight excluding hydrogens is 432 g/mol. The largest absolute Gasteiger partial charge is 0.308 e. The number of nitrogens with zero attached hydrogens (tertiary/aromatic N) is 5. The van der Waals surface area contributed by atoms with Gasteiger partial charge in [0.15, 0.2) is 10.9 Å². The number of halogens is 3. The van der Waals surface area contributed by atoms with Gasteiger partial charge in [-0.1, -0.05) is 23.5 Å². The van der Waals surface area contributed by atoms with Crippen molar-refractivity contribution in [1.29, 1.82) is 0 Å². The Morgan fingerprint density at radius 3 is 2.53 bits per heavy atom. The number of carbonyl (C=O) groups is 1. The van der Waals surface area contributed by atoms with Crippen LogP contribution in [-0.2, 0) is 0 Å². The van der Waals surface area contributed by atoms with E-state index in [0.29, 0.717) is 28.8 Å². The molecule has 1 amide bonds. The number of rotatable bonds is 5. The maximum absolute atomic E-state index is 14.1. The van der Waals surface area contributed by atoms with Crippen LogP contribution in [0.4, 0.5) is 13.9 Å². The van der Waals surface area contributed by atoms with Gasteiger partial charge in [-0.15, -0.1) is 12.4 Å². The Bertz CT molecular complexity index is 1220. The van der Waals surface area contributed by atoms with E-state index in [1.807, 2.05) is 37.2 Å². The quantitative estimate of drug-likeness (QED) is 0.458. The van der Waals surface area contributed by atoms with E-state index in [1.165, 1.54) is 17.2 Å². The van der Waals surface area contributed by atoms with E-state index in [1.54, 1.807) is 6.07 Å². The minimum atomic E-state index is -0.756. The normalized spacial score (nSPS) is 11.1. The SMILES string of the molecule is CN(C)CCN(C(=O)c1cnc2ccccc2n1)c1nc2c(F)cc(F)cc2s1.Cl. The summed E-state index contributed by atoms with van der Waals surface area (Å²) in [5.74, 6) is -1.84. The molecule has 0 saturated carbocycles. The Kier molecular flexibility index (Phi) is 6.55. The molecule has 2 aromatic heterocycles. The van der Waals surface area contributed by atoms with Crippen molar-refractivity contribution in [2.75, 3.05) is 32.1 Å². The number of aromatic nitrogens is 3. The van der Waals surface area contributed by atoms with Gasteiger partial charge in [-0.3, -0.25) is 14.7 Å². The van der Waals surface area contributed by atoms with Crippen molar-refractivity contribution in [3.05, 3.63) is 59.9 Å². The Hall–Kier alpha value is -2.75. The third-order valence-corrected chi connectivity index (χ3v) is 5.34. The summed E-state index contributed by atoms with van der Waals surface area (Å²) in [7, 11) is 3.76. The summed E-state index contributed by atoms with van der Waals surface area (Å²) < 4.78 is 28.0. The Morgan fingerprint density at radius 1 is 1.07 bits per heavy atom. The van der Waals surface area contributed by atoms with Crippen molar-refractivity contribution in [2.45, 2.75) is 0 Å². The van der Waals surface area contributed by atoms with Crippen LogP contribution in [0.2, 0.25) is 0 Å². The highest BCUT2D eigenvalue weighted by Gasteiger charge is 2.24. The number of hydrogen-bond donors (Lipinski definition) is 0. The molecule has 0 aliphatic carbocycles. The lowest BCUT2D eigenvalue weighted by Gasteiger charge is -2.21. The second kappa shape index (κ2) is 8.95. The van der Waals surface area contributed by atoms with E-state index in [-0.39, 0.29) is 28.7 Å². The maximum Gasteiger partial charge on any atom is 0.280 e. The first-order valence-corrected chi connectivity index (χ1v) is 9.68. The summed E-state index contributed by atoms with van der Waals surface area (Å²) in [6.45, 7) is 0.865. The molecule has 0 atom stereocenters. The first-order chi connectivity index (χ1) is 13.9. The molecule has 10 heteroatoms. The number of benzene rings is 2. The Labute approximate surface area is 181 Å². The predicted molar refractivity (Wildman–Crippen MR) is 117 cm³/mol. The average molecular weight is 450 g/mol. The lowest BCUT2D eigenvalue weighted by molar-refractivity contribution is 0.0980. The van der Waals surface area contributed by atoms with Gasteiger partial charge in [-0.25, -0.2) is 18.7 Å². The number of likely N-dealkylation sites (N-methyl/N-ethyl adjacent to an activating group) is 1. The minimum absolute atomic E-state index is 0. The lowest BCUT2D eigenvalue weighted by Crippen LogP contribution is -2.37. The molecule has 6 nitrogen and oxygen atoms in total. The molecule has 0 bridgehead atoms. The molecule has 2 heterocycles. The van der Waals surface area contributed by atoms with Crippen molar-refractivity contribution in [3.63, 3.8) is 0 Å². The van der Waals surface area contributed by atoms with Crippen molar-refractivity contribution in [1.82, 2.24) is 19.9 Å². The number of thiazole rings is 1.